The summed E-state index contributed by atoms with van der Waals surface area (Å²) in [5, 5.41) is 9.33. The maximum Gasteiger partial charge on any atom is 0.244 e. The minimum absolute atomic E-state index is 0.0317. The van der Waals surface area contributed by atoms with Gasteiger partial charge < -0.3 is 9.80 Å². The van der Waals surface area contributed by atoms with Crippen molar-refractivity contribution >= 4 is 11.8 Å². The molecule has 1 aromatic rings. The van der Waals surface area contributed by atoms with Gasteiger partial charge in [-0.2, -0.15) is 5.26 Å². The van der Waals surface area contributed by atoms with Crippen LogP contribution in [0.3, 0.4) is 0 Å². The smallest absolute Gasteiger partial charge is 0.244 e. The predicted molar refractivity (Wildman–Crippen MR) is 78.2 cm³/mol. The van der Waals surface area contributed by atoms with Crippen LogP contribution in [0.25, 0.3) is 0 Å². The minimum Gasteiger partial charge on any atom is -0.341 e. The first-order valence-corrected chi connectivity index (χ1v) is 7.12. The topological polar surface area (TPSA) is 64.4 Å². The van der Waals surface area contributed by atoms with Crippen molar-refractivity contribution in [2.45, 2.75) is 19.3 Å². The number of nitriles is 1. The molecule has 1 aliphatic heterocycles. The van der Waals surface area contributed by atoms with E-state index in [1.54, 1.807) is 28.9 Å². The molecule has 1 aromatic carbocycles. The normalized spacial score (nSPS) is 16.8. The Hall–Kier alpha value is -2.35. The fourth-order valence-electron chi connectivity index (χ4n) is 2.55. The van der Waals surface area contributed by atoms with E-state index < -0.39 is 5.92 Å². The Kier molecular flexibility index (Phi) is 4.94. The van der Waals surface area contributed by atoms with Crippen molar-refractivity contribution in [3.05, 3.63) is 35.9 Å². The van der Waals surface area contributed by atoms with Gasteiger partial charge in [0.25, 0.3) is 0 Å². The first kappa shape index (κ1) is 15.0. The van der Waals surface area contributed by atoms with Crippen LogP contribution >= 0.6 is 0 Å². The number of benzene rings is 1. The van der Waals surface area contributed by atoms with Gasteiger partial charge in [0.15, 0.2) is 0 Å². The fourth-order valence-corrected chi connectivity index (χ4v) is 2.55. The Bertz CT molecular complexity index is 550. The van der Waals surface area contributed by atoms with Crippen molar-refractivity contribution in [1.29, 1.82) is 5.26 Å². The number of nitrogens with zero attached hydrogens (tertiary/aromatic N) is 3. The zero-order chi connectivity index (χ0) is 15.2. The average molecular weight is 285 g/mol. The molecule has 0 N–H and O–H groups in total. The molecule has 0 saturated carbocycles. The van der Waals surface area contributed by atoms with Crippen LogP contribution < -0.4 is 0 Å². The molecule has 0 aromatic heterocycles. The zero-order valence-corrected chi connectivity index (χ0v) is 12.2. The molecular weight excluding hydrogens is 266 g/mol. The standard InChI is InChI=1S/C16H19N3O2/c1-13(20)18-8-5-9-19(11-10-18)16(21)15(12-17)14-6-3-2-4-7-14/h2-4,6-7,15H,5,8-11H2,1H3. The van der Waals surface area contributed by atoms with Gasteiger partial charge in [0.2, 0.25) is 11.8 Å². The lowest BCUT2D eigenvalue weighted by atomic mass is 9.99. The largest absolute Gasteiger partial charge is 0.341 e. The quantitative estimate of drug-likeness (QED) is 0.824. The molecule has 1 aliphatic rings. The van der Waals surface area contributed by atoms with E-state index in [2.05, 4.69) is 6.07 Å². The molecule has 1 fully saturated rings. The summed E-state index contributed by atoms with van der Waals surface area (Å²) in [4.78, 5) is 27.4. The highest BCUT2D eigenvalue weighted by molar-refractivity contribution is 5.86. The number of amides is 2. The van der Waals surface area contributed by atoms with Gasteiger partial charge in [-0.15, -0.1) is 0 Å². The highest BCUT2D eigenvalue weighted by Crippen LogP contribution is 2.18. The molecule has 5 nitrogen and oxygen atoms in total. The lowest BCUT2D eigenvalue weighted by molar-refractivity contribution is -0.132. The molecular formula is C16H19N3O2. The van der Waals surface area contributed by atoms with Crippen LogP contribution in [-0.2, 0) is 9.59 Å². The molecule has 1 saturated heterocycles. The summed E-state index contributed by atoms with van der Waals surface area (Å²) in [7, 11) is 0. The van der Waals surface area contributed by atoms with E-state index in [1.807, 2.05) is 18.2 Å². The Balaban J connectivity index is 2.08. The Labute approximate surface area is 124 Å². The van der Waals surface area contributed by atoms with Gasteiger partial charge >= 0.3 is 0 Å². The highest BCUT2D eigenvalue weighted by Gasteiger charge is 2.27. The van der Waals surface area contributed by atoms with E-state index in [-0.39, 0.29) is 11.8 Å². The summed E-state index contributed by atoms with van der Waals surface area (Å²) in [6.07, 6.45) is 0.748. The number of hydrogen-bond donors (Lipinski definition) is 0. The van der Waals surface area contributed by atoms with Crippen LogP contribution in [0.1, 0.15) is 24.8 Å². The Morgan fingerprint density at radius 3 is 2.33 bits per heavy atom. The van der Waals surface area contributed by atoms with Gasteiger partial charge in [0.1, 0.15) is 5.92 Å². The van der Waals surface area contributed by atoms with Crippen molar-refractivity contribution in [3.8, 4) is 6.07 Å². The summed E-state index contributed by atoms with van der Waals surface area (Å²) >= 11 is 0. The SMILES string of the molecule is CC(=O)N1CCCN(C(=O)C(C#N)c2ccccc2)CC1. The molecule has 110 valence electrons. The second-order valence-electron chi connectivity index (χ2n) is 5.16. The van der Waals surface area contributed by atoms with E-state index in [0.717, 1.165) is 12.0 Å². The van der Waals surface area contributed by atoms with Crippen molar-refractivity contribution in [2.24, 2.45) is 0 Å². The van der Waals surface area contributed by atoms with Crippen LogP contribution in [0, 0.1) is 11.3 Å². The van der Waals surface area contributed by atoms with Gasteiger partial charge in [0.05, 0.1) is 6.07 Å². The maximum atomic E-state index is 12.6. The predicted octanol–water partition coefficient (Wildman–Crippen LogP) is 1.37. The monoisotopic (exact) mass is 285 g/mol. The molecule has 21 heavy (non-hydrogen) atoms. The molecule has 0 aliphatic carbocycles. The molecule has 2 rings (SSSR count). The van der Waals surface area contributed by atoms with Gasteiger partial charge in [-0.3, -0.25) is 9.59 Å². The van der Waals surface area contributed by atoms with E-state index >= 15 is 0 Å². The molecule has 1 atom stereocenters. The van der Waals surface area contributed by atoms with Gasteiger partial charge in [0, 0.05) is 33.1 Å². The number of rotatable bonds is 2. The third kappa shape index (κ3) is 3.60. The van der Waals surface area contributed by atoms with Crippen molar-refractivity contribution < 1.29 is 9.59 Å². The van der Waals surface area contributed by atoms with Gasteiger partial charge in [-0.1, -0.05) is 30.3 Å². The number of hydrogen-bond acceptors (Lipinski definition) is 3. The van der Waals surface area contributed by atoms with E-state index in [4.69, 9.17) is 0 Å². The molecule has 2 amide bonds. The summed E-state index contributed by atoms with van der Waals surface area (Å²) in [6, 6.07) is 11.2. The molecule has 0 spiro atoms. The second kappa shape index (κ2) is 6.89. The molecule has 0 radical (unpaired) electrons. The number of carbonyl (C=O) groups is 2. The number of carbonyl (C=O) groups excluding carboxylic acids is 2. The fraction of sp³-hybridized carbons (Fsp3) is 0.438. The summed E-state index contributed by atoms with van der Waals surface area (Å²) < 4.78 is 0. The third-order valence-corrected chi connectivity index (χ3v) is 3.76. The van der Waals surface area contributed by atoms with Crippen molar-refractivity contribution in [1.82, 2.24) is 9.80 Å². The first-order valence-electron chi connectivity index (χ1n) is 7.12. The van der Waals surface area contributed by atoms with Crippen molar-refractivity contribution in [2.75, 3.05) is 26.2 Å². The van der Waals surface area contributed by atoms with Gasteiger partial charge in [-0.05, 0) is 12.0 Å². The van der Waals surface area contributed by atoms with Gasteiger partial charge in [-0.25, -0.2) is 0 Å². The lowest BCUT2D eigenvalue weighted by Crippen LogP contribution is -2.38. The molecule has 1 unspecified atom stereocenters. The third-order valence-electron chi connectivity index (χ3n) is 3.76. The van der Waals surface area contributed by atoms with Crippen molar-refractivity contribution in [3.63, 3.8) is 0 Å². The van der Waals surface area contributed by atoms with Crippen LogP contribution in [0.5, 0.6) is 0 Å². The molecule has 1 heterocycles. The van der Waals surface area contributed by atoms with Crippen LogP contribution in [0.2, 0.25) is 0 Å². The van der Waals surface area contributed by atoms with Crippen LogP contribution in [0.15, 0.2) is 30.3 Å². The Morgan fingerprint density at radius 1 is 1.10 bits per heavy atom. The minimum atomic E-state index is -0.768. The van der Waals surface area contributed by atoms with E-state index in [9.17, 15) is 14.9 Å². The molecule has 5 heteroatoms. The van der Waals surface area contributed by atoms with Crippen LogP contribution in [0.4, 0.5) is 0 Å². The van der Waals surface area contributed by atoms with Crippen LogP contribution in [-0.4, -0.2) is 47.8 Å². The van der Waals surface area contributed by atoms with E-state index in [1.165, 1.54) is 0 Å². The van der Waals surface area contributed by atoms with E-state index in [0.29, 0.717) is 26.2 Å². The molecule has 0 bridgehead atoms. The second-order valence-corrected chi connectivity index (χ2v) is 5.16. The zero-order valence-electron chi connectivity index (χ0n) is 12.2. The summed E-state index contributed by atoms with van der Waals surface area (Å²) in [6.45, 7) is 3.83. The summed E-state index contributed by atoms with van der Waals surface area (Å²) in [5.41, 5.74) is 0.720. The maximum absolute atomic E-state index is 12.6. The lowest BCUT2D eigenvalue weighted by Gasteiger charge is -2.23. The Morgan fingerprint density at radius 2 is 1.71 bits per heavy atom. The first-order chi connectivity index (χ1) is 10.1. The summed E-state index contributed by atoms with van der Waals surface area (Å²) in [5.74, 6) is -0.909. The highest BCUT2D eigenvalue weighted by atomic mass is 16.2. The average Bonchev–Trinajstić information content (AvgIpc) is 2.75.